The highest BCUT2D eigenvalue weighted by molar-refractivity contribution is 5.93. The van der Waals surface area contributed by atoms with Gasteiger partial charge in [-0.05, 0) is 32.0 Å². The number of nitrogens with zero attached hydrogens (tertiary/aromatic N) is 2. The molecule has 2 N–H and O–H groups in total. The van der Waals surface area contributed by atoms with Crippen LogP contribution in [0.4, 0.5) is 18.9 Å². The highest BCUT2D eigenvalue weighted by atomic mass is 19.4. The Morgan fingerprint density at radius 1 is 1.32 bits per heavy atom. The van der Waals surface area contributed by atoms with Gasteiger partial charge in [0.25, 0.3) is 0 Å². The van der Waals surface area contributed by atoms with Crippen molar-refractivity contribution in [2.45, 2.75) is 26.1 Å². The molecule has 0 fully saturated rings. The predicted octanol–water partition coefficient (Wildman–Crippen LogP) is 4.08. The fourth-order valence-electron chi connectivity index (χ4n) is 3.33. The number of fused-ring (bicyclic) bond motifs is 1. The van der Waals surface area contributed by atoms with E-state index in [0.717, 1.165) is 6.07 Å². The molecule has 0 aliphatic carbocycles. The molecule has 0 saturated heterocycles. The van der Waals surface area contributed by atoms with Gasteiger partial charge >= 0.3 is 12.3 Å². The zero-order chi connectivity index (χ0) is 20.6. The summed E-state index contributed by atoms with van der Waals surface area (Å²) in [7, 11) is 0. The van der Waals surface area contributed by atoms with Crippen molar-refractivity contribution in [3.63, 3.8) is 0 Å². The molecule has 0 spiro atoms. The second-order valence-electron chi connectivity index (χ2n) is 6.17. The lowest BCUT2D eigenvalue weighted by atomic mass is 9.79. The maximum Gasteiger partial charge on any atom is 0.573 e. The first-order valence-corrected chi connectivity index (χ1v) is 8.08. The fraction of sp³-hybridized carbons (Fsp3) is 0.211. The second kappa shape index (κ2) is 6.88. The van der Waals surface area contributed by atoms with E-state index in [1.807, 2.05) is 0 Å². The van der Waals surface area contributed by atoms with E-state index in [0.29, 0.717) is 16.9 Å². The number of anilines is 1. The van der Waals surface area contributed by atoms with Gasteiger partial charge in [0.2, 0.25) is 0 Å². The Bertz CT molecular complexity index is 1040. The zero-order valence-corrected chi connectivity index (χ0v) is 14.8. The molecule has 2 heterocycles. The second-order valence-corrected chi connectivity index (χ2v) is 6.17. The van der Waals surface area contributed by atoms with Crippen LogP contribution in [0.3, 0.4) is 0 Å². The Hall–Kier alpha value is -3.54. The summed E-state index contributed by atoms with van der Waals surface area (Å²) in [6.45, 7) is 3.17. The van der Waals surface area contributed by atoms with Crippen molar-refractivity contribution >= 4 is 11.7 Å². The number of aromatic nitrogens is 1. The molecule has 0 amide bonds. The lowest BCUT2D eigenvalue weighted by Crippen LogP contribution is -2.25. The number of carbonyl (C=O) groups is 1. The summed E-state index contributed by atoms with van der Waals surface area (Å²) in [5, 5.41) is 21.7. The minimum Gasteiger partial charge on any atom is -0.478 e. The van der Waals surface area contributed by atoms with Gasteiger partial charge in [-0.25, -0.2) is 4.79 Å². The molecular formula is C19H14F3N3O3. The summed E-state index contributed by atoms with van der Waals surface area (Å²) >= 11 is 0. The standard InChI is InChI=1S/C19H14F3N3O3/c1-9-15-13(5-6-24-9)25-10(2)16(18(26)27)17(15)12-4-3-11(8-23)7-14(12)28-19(20,21)22/h3-7,17,25H,1-2H3,(H,26,27). The number of nitriles is 1. The molecular weight excluding hydrogens is 375 g/mol. The highest BCUT2D eigenvalue weighted by Crippen LogP contribution is 2.46. The van der Waals surface area contributed by atoms with Crippen LogP contribution in [0.2, 0.25) is 0 Å². The van der Waals surface area contributed by atoms with Crippen LogP contribution in [0, 0.1) is 18.3 Å². The molecule has 28 heavy (non-hydrogen) atoms. The lowest BCUT2D eigenvalue weighted by molar-refractivity contribution is -0.274. The van der Waals surface area contributed by atoms with E-state index in [2.05, 4.69) is 15.0 Å². The molecule has 144 valence electrons. The van der Waals surface area contributed by atoms with Crippen LogP contribution in [-0.2, 0) is 4.79 Å². The number of benzene rings is 1. The van der Waals surface area contributed by atoms with E-state index in [-0.39, 0.29) is 22.4 Å². The van der Waals surface area contributed by atoms with Gasteiger partial charge < -0.3 is 15.2 Å². The molecule has 0 saturated carbocycles. The number of hydrogen-bond acceptors (Lipinski definition) is 5. The third kappa shape index (κ3) is 3.49. The topological polar surface area (TPSA) is 95.2 Å². The first-order chi connectivity index (χ1) is 13.1. The first kappa shape index (κ1) is 19.2. The molecule has 9 heteroatoms. The summed E-state index contributed by atoms with van der Waals surface area (Å²) in [6, 6.07) is 6.92. The molecule has 0 bridgehead atoms. The number of hydrogen-bond donors (Lipinski definition) is 2. The average Bonchev–Trinajstić information content (AvgIpc) is 2.59. The SMILES string of the molecule is CC1=C(C(=O)O)C(c2ccc(C#N)cc2OC(F)(F)F)c2c(ccnc2C)N1. The van der Waals surface area contributed by atoms with Gasteiger partial charge in [0.15, 0.2) is 0 Å². The third-order valence-electron chi connectivity index (χ3n) is 4.40. The quantitative estimate of drug-likeness (QED) is 0.822. The van der Waals surface area contributed by atoms with Crippen molar-refractivity contribution in [3.05, 3.63) is 64.1 Å². The average molecular weight is 389 g/mol. The van der Waals surface area contributed by atoms with Crippen LogP contribution in [0.5, 0.6) is 5.75 Å². The lowest BCUT2D eigenvalue weighted by Gasteiger charge is -2.31. The van der Waals surface area contributed by atoms with Gasteiger partial charge in [0, 0.05) is 34.4 Å². The van der Waals surface area contributed by atoms with Crippen molar-refractivity contribution in [2.24, 2.45) is 0 Å². The Labute approximate surface area is 157 Å². The van der Waals surface area contributed by atoms with Crippen LogP contribution in [0.1, 0.15) is 35.2 Å². The number of aryl methyl sites for hydroxylation is 1. The fourth-order valence-corrected chi connectivity index (χ4v) is 3.33. The van der Waals surface area contributed by atoms with Crippen LogP contribution in [0.25, 0.3) is 0 Å². The van der Waals surface area contributed by atoms with E-state index in [9.17, 15) is 23.1 Å². The molecule has 1 atom stereocenters. The van der Waals surface area contributed by atoms with Gasteiger partial charge in [0.1, 0.15) is 5.75 Å². The number of carboxylic acids is 1. The largest absolute Gasteiger partial charge is 0.573 e. The van der Waals surface area contributed by atoms with E-state index in [1.165, 1.54) is 25.3 Å². The molecule has 1 aliphatic rings. The number of allylic oxidation sites excluding steroid dienone is 1. The zero-order valence-electron chi connectivity index (χ0n) is 14.8. The van der Waals surface area contributed by atoms with Crippen LogP contribution < -0.4 is 10.1 Å². The number of ether oxygens (including phenoxy) is 1. The van der Waals surface area contributed by atoms with E-state index < -0.39 is 24.0 Å². The molecule has 6 nitrogen and oxygen atoms in total. The molecule has 1 aromatic carbocycles. The predicted molar refractivity (Wildman–Crippen MR) is 92.6 cm³/mol. The van der Waals surface area contributed by atoms with Crippen molar-refractivity contribution in [1.29, 1.82) is 5.26 Å². The van der Waals surface area contributed by atoms with Gasteiger partial charge in [0.05, 0.1) is 23.1 Å². The van der Waals surface area contributed by atoms with E-state index in [4.69, 9.17) is 5.26 Å². The van der Waals surface area contributed by atoms with Gasteiger partial charge in [-0.15, -0.1) is 13.2 Å². The van der Waals surface area contributed by atoms with Gasteiger partial charge in [-0.2, -0.15) is 5.26 Å². The molecule has 3 rings (SSSR count). The normalized spacial score (nSPS) is 16.1. The summed E-state index contributed by atoms with van der Waals surface area (Å²) in [6.07, 6.45) is -3.49. The minimum absolute atomic E-state index is 0.0214. The molecule has 1 aromatic heterocycles. The highest BCUT2D eigenvalue weighted by Gasteiger charge is 2.38. The maximum atomic E-state index is 13.0. The Kier molecular flexibility index (Phi) is 4.73. The van der Waals surface area contributed by atoms with Crippen molar-refractivity contribution in [1.82, 2.24) is 4.98 Å². The Morgan fingerprint density at radius 3 is 2.64 bits per heavy atom. The minimum atomic E-state index is -5.01. The summed E-state index contributed by atoms with van der Waals surface area (Å²) in [4.78, 5) is 16.1. The van der Waals surface area contributed by atoms with Crippen LogP contribution >= 0.6 is 0 Å². The smallest absolute Gasteiger partial charge is 0.478 e. The Morgan fingerprint density at radius 2 is 2.04 bits per heavy atom. The van der Waals surface area contributed by atoms with Crippen molar-refractivity contribution < 1.29 is 27.8 Å². The van der Waals surface area contributed by atoms with Gasteiger partial charge in [-0.1, -0.05) is 6.07 Å². The summed E-state index contributed by atoms with van der Waals surface area (Å²) < 4.78 is 43.1. The third-order valence-corrected chi connectivity index (χ3v) is 4.40. The molecule has 2 aromatic rings. The molecule has 0 radical (unpaired) electrons. The van der Waals surface area contributed by atoms with E-state index in [1.54, 1.807) is 19.1 Å². The molecule has 1 aliphatic heterocycles. The van der Waals surface area contributed by atoms with Crippen LogP contribution in [-0.4, -0.2) is 22.4 Å². The number of halogens is 3. The number of aliphatic carboxylic acids is 1. The summed E-state index contributed by atoms with van der Waals surface area (Å²) in [5.74, 6) is -2.97. The van der Waals surface area contributed by atoms with E-state index >= 15 is 0 Å². The Balaban J connectivity index is 2.32. The first-order valence-electron chi connectivity index (χ1n) is 8.08. The number of carboxylic acid groups (broad SMARTS) is 1. The molecule has 1 unspecified atom stereocenters. The number of nitrogens with one attached hydrogen (secondary N) is 1. The van der Waals surface area contributed by atoms with Gasteiger partial charge in [-0.3, -0.25) is 4.98 Å². The maximum absolute atomic E-state index is 13.0. The number of pyridine rings is 1. The summed E-state index contributed by atoms with van der Waals surface area (Å²) in [5.41, 5.74) is 1.54. The van der Waals surface area contributed by atoms with Crippen molar-refractivity contribution in [2.75, 3.05) is 5.32 Å². The number of rotatable bonds is 3. The van der Waals surface area contributed by atoms with Crippen LogP contribution in [0.15, 0.2) is 41.7 Å². The van der Waals surface area contributed by atoms with Crippen molar-refractivity contribution in [3.8, 4) is 11.8 Å². The number of alkyl halides is 3. The monoisotopic (exact) mass is 389 g/mol.